The number of benzene rings is 1. The smallest absolute Gasteiger partial charge is 0.254 e. The second-order valence-corrected chi connectivity index (χ2v) is 6.59. The summed E-state index contributed by atoms with van der Waals surface area (Å²) in [6, 6.07) is 8.38. The van der Waals surface area contributed by atoms with Gasteiger partial charge in [-0.25, -0.2) is 8.78 Å². The number of amides is 2. The molecule has 27 heavy (non-hydrogen) atoms. The summed E-state index contributed by atoms with van der Waals surface area (Å²) in [5.41, 5.74) is 0.569. The van der Waals surface area contributed by atoms with Crippen LogP contribution in [-0.2, 0) is 4.79 Å². The van der Waals surface area contributed by atoms with Crippen molar-refractivity contribution in [3.8, 4) is 0 Å². The fraction of sp³-hybridized carbons (Fsp3) is 0.350. The first kappa shape index (κ1) is 18.9. The highest BCUT2D eigenvalue weighted by molar-refractivity contribution is 5.94. The number of carbonyl (C=O) groups excluding carboxylic acids is 2. The Bertz CT molecular complexity index is 825. The first-order chi connectivity index (χ1) is 13.0. The van der Waals surface area contributed by atoms with E-state index >= 15 is 0 Å². The van der Waals surface area contributed by atoms with E-state index in [1.165, 1.54) is 0 Å². The van der Waals surface area contributed by atoms with Crippen molar-refractivity contribution in [2.45, 2.75) is 38.3 Å². The molecule has 1 aromatic carbocycles. The molecule has 0 spiro atoms. The molecule has 0 saturated heterocycles. The van der Waals surface area contributed by atoms with Gasteiger partial charge in [-0.05, 0) is 44.0 Å². The molecular formula is C20H21F2N3O2. The Morgan fingerprint density at radius 1 is 1.26 bits per heavy atom. The van der Waals surface area contributed by atoms with Gasteiger partial charge in [-0.2, -0.15) is 0 Å². The predicted molar refractivity (Wildman–Crippen MR) is 95.8 cm³/mol. The van der Waals surface area contributed by atoms with Gasteiger partial charge in [-0.1, -0.05) is 6.07 Å². The van der Waals surface area contributed by atoms with Crippen molar-refractivity contribution < 1.29 is 18.4 Å². The number of halogens is 2. The summed E-state index contributed by atoms with van der Waals surface area (Å²) in [5, 5.41) is 2.52. The molecule has 2 amide bonds. The van der Waals surface area contributed by atoms with E-state index in [2.05, 4.69) is 10.3 Å². The van der Waals surface area contributed by atoms with E-state index in [0.717, 1.165) is 30.7 Å². The van der Waals surface area contributed by atoms with Crippen LogP contribution in [0.3, 0.4) is 0 Å². The van der Waals surface area contributed by atoms with Crippen molar-refractivity contribution >= 4 is 11.8 Å². The molecule has 0 aliphatic heterocycles. The van der Waals surface area contributed by atoms with Gasteiger partial charge in [0.15, 0.2) is 0 Å². The summed E-state index contributed by atoms with van der Waals surface area (Å²) in [6.45, 7) is 2.01. The molecule has 1 aliphatic carbocycles. The number of aromatic nitrogens is 1. The summed E-state index contributed by atoms with van der Waals surface area (Å²) in [7, 11) is 0. The quantitative estimate of drug-likeness (QED) is 0.811. The fourth-order valence-electron chi connectivity index (χ4n) is 3.04. The standard InChI is InChI=1S/C20H21F2N3O2/c1-13(18-4-2-3-10-23-18)25(15-6-7-15)19(26)9-11-24-20(27)16-8-5-14(21)12-17(16)22/h2-5,8,10,12-13,15H,6-7,9,11H2,1H3,(H,24,27). The summed E-state index contributed by atoms with van der Waals surface area (Å²) in [6.07, 6.45) is 3.70. The molecule has 2 aromatic rings. The summed E-state index contributed by atoms with van der Waals surface area (Å²) in [5.74, 6) is -2.43. The zero-order valence-corrected chi connectivity index (χ0v) is 15.0. The molecule has 5 nitrogen and oxygen atoms in total. The van der Waals surface area contributed by atoms with E-state index in [4.69, 9.17) is 0 Å². The Balaban J connectivity index is 1.58. The van der Waals surface area contributed by atoms with Crippen LogP contribution in [-0.4, -0.2) is 34.3 Å². The van der Waals surface area contributed by atoms with E-state index in [9.17, 15) is 18.4 Å². The Hall–Kier alpha value is -2.83. The van der Waals surface area contributed by atoms with Gasteiger partial charge < -0.3 is 10.2 Å². The average Bonchev–Trinajstić information content (AvgIpc) is 3.47. The highest BCUT2D eigenvalue weighted by atomic mass is 19.1. The highest BCUT2D eigenvalue weighted by Crippen LogP contribution is 2.34. The lowest BCUT2D eigenvalue weighted by Crippen LogP contribution is -2.38. The molecule has 1 N–H and O–H groups in total. The molecule has 1 heterocycles. The molecule has 1 aromatic heterocycles. The predicted octanol–water partition coefficient (Wildman–Crippen LogP) is 3.23. The van der Waals surface area contributed by atoms with Gasteiger partial charge in [0.05, 0.1) is 17.3 Å². The minimum Gasteiger partial charge on any atom is -0.351 e. The first-order valence-electron chi connectivity index (χ1n) is 8.92. The molecule has 3 rings (SSSR count). The Morgan fingerprint density at radius 2 is 2.04 bits per heavy atom. The lowest BCUT2D eigenvalue weighted by molar-refractivity contribution is -0.134. The van der Waals surface area contributed by atoms with E-state index in [1.807, 2.05) is 30.0 Å². The molecule has 1 unspecified atom stereocenters. The Morgan fingerprint density at radius 3 is 2.67 bits per heavy atom. The number of hydrogen-bond acceptors (Lipinski definition) is 3. The van der Waals surface area contributed by atoms with Crippen molar-refractivity contribution in [1.82, 2.24) is 15.2 Å². The molecule has 1 saturated carbocycles. The first-order valence-corrected chi connectivity index (χ1v) is 8.92. The zero-order chi connectivity index (χ0) is 19.4. The largest absolute Gasteiger partial charge is 0.351 e. The third-order valence-electron chi connectivity index (χ3n) is 4.56. The summed E-state index contributed by atoms with van der Waals surface area (Å²) >= 11 is 0. The molecule has 142 valence electrons. The average molecular weight is 373 g/mol. The van der Waals surface area contributed by atoms with Gasteiger partial charge >= 0.3 is 0 Å². The van der Waals surface area contributed by atoms with Crippen LogP contribution < -0.4 is 5.32 Å². The number of carbonyl (C=O) groups is 2. The van der Waals surface area contributed by atoms with Gasteiger partial charge in [0.25, 0.3) is 5.91 Å². The fourth-order valence-corrected chi connectivity index (χ4v) is 3.04. The van der Waals surface area contributed by atoms with Crippen LogP contribution in [0, 0.1) is 11.6 Å². The second-order valence-electron chi connectivity index (χ2n) is 6.59. The summed E-state index contributed by atoms with van der Waals surface area (Å²) in [4.78, 5) is 30.8. The number of hydrogen-bond donors (Lipinski definition) is 1. The van der Waals surface area contributed by atoms with E-state index < -0.39 is 17.5 Å². The van der Waals surface area contributed by atoms with Crippen LogP contribution in [0.2, 0.25) is 0 Å². The molecule has 1 fully saturated rings. The van der Waals surface area contributed by atoms with Gasteiger partial charge in [-0.3, -0.25) is 14.6 Å². The van der Waals surface area contributed by atoms with Crippen LogP contribution in [0.4, 0.5) is 8.78 Å². The highest BCUT2D eigenvalue weighted by Gasteiger charge is 2.36. The van der Waals surface area contributed by atoms with Gasteiger partial charge in [0.2, 0.25) is 5.91 Å². The maximum absolute atomic E-state index is 13.6. The molecule has 7 heteroatoms. The minimum absolute atomic E-state index is 0.0760. The zero-order valence-electron chi connectivity index (χ0n) is 15.0. The molecular weight excluding hydrogens is 352 g/mol. The third kappa shape index (κ3) is 4.67. The Labute approximate surface area is 156 Å². The number of rotatable bonds is 7. The normalized spacial score (nSPS) is 14.5. The summed E-state index contributed by atoms with van der Waals surface area (Å²) < 4.78 is 26.6. The molecule has 1 atom stereocenters. The number of pyridine rings is 1. The minimum atomic E-state index is -0.929. The van der Waals surface area contributed by atoms with Crippen LogP contribution in [0.5, 0.6) is 0 Å². The lowest BCUT2D eigenvalue weighted by Gasteiger charge is -2.29. The van der Waals surface area contributed by atoms with Gasteiger partial charge in [0, 0.05) is 31.3 Å². The maximum Gasteiger partial charge on any atom is 0.254 e. The SMILES string of the molecule is CC(c1ccccn1)N(C(=O)CCNC(=O)c1ccc(F)cc1F)C1CC1. The van der Waals surface area contributed by atoms with Crippen molar-refractivity contribution in [2.24, 2.45) is 0 Å². The van der Waals surface area contributed by atoms with Gasteiger partial charge in [0.1, 0.15) is 11.6 Å². The maximum atomic E-state index is 13.6. The number of nitrogens with one attached hydrogen (secondary N) is 1. The Kier molecular flexibility index (Phi) is 5.78. The van der Waals surface area contributed by atoms with Crippen LogP contribution >= 0.6 is 0 Å². The monoisotopic (exact) mass is 373 g/mol. The second kappa shape index (κ2) is 8.24. The lowest BCUT2D eigenvalue weighted by atomic mass is 10.1. The van der Waals surface area contributed by atoms with Crippen molar-refractivity contribution in [3.05, 3.63) is 65.5 Å². The third-order valence-corrected chi connectivity index (χ3v) is 4.56. The topological polar surface area (TPSA) is 62.3 Å². The van der Waals surface area contributed by atoms with Crippen molar-refractivity contribution in [2.75, 3.05) is 6.54 Å². The van der Waals surface area contributed by atoms with Crippen molar-refractivity contribution in [3.63, 3.8) is 0 Å². The molecule has 0 radical (unpaired) electrons. The molecule has 0 bridgehead atoms. The van der Waals surface area contributed by atoms with E-state index in [-0.39, 0.29) is 36.5 Å². The van der Waals surface area contributed by atoms with E-state index in [1.54, 1.807) is 6.20 Å². The van der Waals surface area contributed by atoms with Gasteiger partial charge in [-0.15, -0.1) is 0 Å². The van der Waals surface area contributed by atoms with E-state index in [0.29, 0.717) is 6.07 Å². The van der Waals surface area contributed by atoms with Crippen LogP contribution in [0.15, 0.2) is 42.6 Å². The number of nitrogens with zero attached hydrogens (tertiary/aromatic N) is 2. The van der Waals surface area contributed by atoms with Crippen molar-refractivity contribution in [1.29, 1.82) is 0 Å². The van der Waals surface area contributed by atoms with Crippen LogP contribution in [0.25, 0.3) is 0 Å². The molecule has 1 aliphatic rings. The van der Waals surface area contributed by atoms with Crippen LogP contribution in [0.1, 0.15) is 48.3 Å².